The number of carbonyl (C=O) groups excluding carboxylic acids is 1. The van der Waals surface area contributed by atoms with Crippen LogP contribution >= 0.6 is 11.6 Å². The van der Waals surface area contributed by atoms with Crippen LogP contribution in [0.5, 0.6) is 17.4 Å². The molecule has 0 amide bonds. The Bertz CT molecular complexity index is 1070. The zero-order chi connectivity index (χ0) is 21.8. The van der Waals surface area contributed by atoms with Crippen molar-refractivity contribution in [2.24, 2.45) is 0 Å². The van der Waals surface area contributed by atoms with Crippen LogP contribution in [-0.4, -0.2) is 40.8 Å². The van der Waals surface area contributed by atoms with Gasteiger partial charge in [0.2, 0.25) is 5.88 Å². The van der Waals surface area contributed by atoms with E-state index in [-0.39, 0.29) is 29.4 Å². The van der Waals surface area contributed by atoms with Crippen molar-refractivity contribution in [1.29, 1.82) is 0 Å². The second-order valence-corrected chi connectivity index (χ2v) is 7.04. The fourth-order valence-electron chi connectivity index (χ4n) is 3.04. The van der Waals surface area contributed by atoms with E-state index in [1.807, 2.05) is 0 Å². The van der Waals surface area contributed by atoms with E-state index in [1.54, 1.807) is 18.2 Å². The zero-order valence-corrected chi connectivity index (χ0v) is 18.1. The molecule has 1 aromatic carbocycles. The average molecular weight is 435 g/mol. The molecule has 160 valence electrons. The molecular formula is C20H25ClN5O4+. The van der Waals surface area contributed by atoms with Crippen molar-refractivity contribution in [3.05, 3.63) is 34.9 Å². The highest BCUT2D eigenvalue weighted by Gasteiger charge is 2.23. The monoisotopic (exact) mass is 434 g/mol. The molecule has 0 aliphatic rings. The molecule has 10 heteroatoms. The highest BCUT2D eigenvalue weighted by atomic mass is 35.5. The lowest BCUT2D eigenvalue weighted by molar-refractivity contribution is -0.723. The van der Waals surface area contributed by atoms with Crippen LogP contribution in [0.1, 0.15) is 37.0 Å². The number of anilines is 1. The van der Waals surface area contributed by atoms with Gasteiger partial charge in [-0.1, -0.05) is 40.2 Å². The first-order valence-corrected chi connectivity index (χ1v) is 9.96. The predicted octanol–water partition coefficient (Wildman–Crippen LogP) is 2.72. The normalized spacial score (nSPS) is 11.1. The van der Waals surface area contributed by atoms with Crippen molar-refractivity contribution < 1.29 is 23.7 Å². The van der Waals surface area contributed by atoms with Crippen LogP contribution in [0.3, 0.4) is 0 Å². The van der Waals surface area contributed by atoms with Crippen LogP contribution in [0.15, 0.2) is 24.3 Å². The van der Waals surface area contributed by atoms with Gasteiger partial charge >= 0.3 is 5.95 Å². The van der Waals surface area contributed by atoms with Gasteiger partial charge in [0.25, 0.3) is 5.65 Å². The molecule has 0 fully saturated rings. The van der Waals surface area contributed by atoms with E-state index in [2.05, 4.69) is 24.0 Å². The summed E-state index contributed by atoms with van der Waals surface area (Å²) >= 11 is 6.21. The maximum absolute atomic E-state index is 12.8. The number of nitrogens with two attached hydrogens (primary N) is 1. The van der Waals surface area contributed by atoms with Crippen molar-refractivity contribution in [3.63, 3.8) is 0 Å². The van der Waals surface area contributed by atoms with Crippen molar-refractivity contribution in [2.45, 2.75) is 39.3 Å². The van der Waals surface area contributed by atoms with E-state index in [4.69, 9.17) is 31.5 Å². The number of Topliss-reactive ketones (excluding diaryl/α,β-unsaturated/α-hetero) is 1. The van der Waals surface area contributed by atoms with E-state index < -0.39 is 0 Å². The summed E-state index contributed by atoms with van der Waals surface area (Å²) in [5.41, 5.74) is 7.04. The summed E-state index contributed by atoms with van der Waals surface area (Å²) in [5, 5.41) is 9.03. The highest BCUT2D eigenvalue weighted by Crippen LogP contribution is 2.36. The second kappa shape index (κ2) is 9.17. The number of ether oxygens (including phenoxy) is 3. The Balaban J connectivity index is 1.88. The number of hydrogen-bond acceptors (Lipinski definition) is 7. The van der Waals surface area contributed by atoms with Gasteiger partial charge in [-0.25, -0.2) is 0 Å². The molecule has 0 aliphatic heterocycles. The lowest BCUT2D eigenvalue weighted by atomic mass is 10.1. The number of aromatic nitrogens is 4. The Morgan fingerprint density at radius 1 is 1.23 bits per heavy atom. The molecule has 2 N–H and O–H groups in total. The molecule has 30 heavy (non-hydrogen) atoms. The highest BCUT2D eigenvalue weighted by molar-refractivity contribution is 6.32. The second-order valence-electron chi connectivity index (χ2n) is 6.63. The lowest BCUT2D eigenvalue weighted by Gasteiger charge is -2.13. The Labute approximate surface area is 179 Å². The maximum atomic E-state index is 12.8. The number of rotatable bonds is 9. The molecule has 2 aromatic heterocycles. The number of halogens is 1. The quantitative estimate of drug-likeness (QED) is 0.407. The molecule has 2 heterocycles. The summed E-state index contributed by atoms with van der Waals surface area (Å²) in [7, 11) is 2.96. The predicted molar refractivity (Wildman–Crippen MR) is 111 cm³/mol. The standard InChI is InChI=1S/C20H24ClN5O4/c1-5-13(6-2)30-18-8-7-17-23-25(20(22)26(17)24-18)11-15(27)12-9-14(21)19(29-4)16(10-12)28-3/h7-10,13,22H,5-6,11H2,1-4H3/p+1. The Kier molecular flexibility index (Phi) is 6.61. The third-order valence-corrected chi connectivity index (χ3v) is 5.02. The molecule has 0 saturated carbocycles. The molecule has 0 radical (unpaired) electrons. The van der Waals surface area contributed by atoms with Gasteiger partial charge in [0, 0.05) is 17.7 Å². The van der Waals surface area contributed by atoms with Crippen molar-refractivity contribution in [3.8, 4) is 17.4 Å². The summed E-state index contributed by atoms with van der Waals surface area (Å²) < 4.78 is 19.2. The third-order valence-electron chi connectivity index (χ3n) is 4.74. The summed E-state index contributed by atoms with van der Waals surface area (Å²) in [6.07, 6.45) is 1.82. The Morgan fingerprint density at radius 3 is 2.60 bits per heavy atom. The van der Waals surface area contributed by atoms with E-state index >= 15 is 0 Å². The molecule has 3 rings (SSSR count). The number of nitrogens with zero attached hydrogens (tertiary/aromatic N) is 4. The van der Waals surface area contributed by atoms with E-state index in [0.717, 1.165) is 12.8 Å². The van der Waals surface area contributed by atoms with Crippen LogP contribution in [0.4, 0.5) is 5.95 Å². The Morgan fingerprint density at radius 2 is 1.97 bits per heavy atom. The smallest absolute Gasteiger partial charge is 0.401 e. The van der Waals surface area contributed by atoms with Crippen molar-refractivity contribution in [2.75, 3.05) is 20.0 Å². The van der Waals surface area contributed by atoms with Gasteiger partial charge in [-0.05, 0) is 25.0 Å². The molecule has 9 nitrogen and oxygen atoms in total. The summed E-state index contributed by atoms with van der Waals surface area (Å²) in [6, 6.07) is 6.58. The SMILES string of the molecule is CCC(CC)Oc1ccc2n[n+](CC(=O)c3cc(Cl)c(OC)c(OC)c3)c(N)n2n1. The fraction of sp³-hybridized carbons (Fsp3) is 0.400. The van der Waals surface area contributed by atoms with Crippen LogP contribution in [-0.2, 0) is 6.54 Å². The first kappa shape index (κ1) is 21.6. The zero-order valence-electron chi connectivity index (χ0n) is 17.4. The minimum atomic E-state index is -0.244. The summed E-state index contributed by atoms with van der Waals surface area (Å²) in [5.74, 6) is 1.15. The van der Waals surface area contributed by atoms with Gasteiger partial charge in [0.05, 0.1) is 19.2 Å². The topological polar surface area (TPSA) is 105 Å². The number of benzene rings is 1. The molecule has 0 saturated heterocycles. The van der Waals surface area contributed by atoms with Crippen molar-refractivity contribution in [1.82, 2.24) is 14.7 Å². The average Bonchev–Trinajstić information content (AvgIpc) is 3.06. The van der Waals surface area contributed by atoms with Crippen molar-refractivity contribution >= 4 is 29.0 Å². The van der Waals surface area contributed by atoms with Gasteiger partial charge in [-0.3, -0.25) is 10.5 Å². The van der Waals surface area contributed by atoms with Crippen LogP contribution in [0.25, 0.3) is 5.65 Å². The van der Waals surface area contributed by atoms with E-state index in [1.165, 1.54) is 29.5 Å². The van der Waals surface area contributed by atoms with Gasteiger partial charge in [0.15, 0.2) is 23.8 Å². The van der Waals surface area contributed by atoms with Crippen LogP contribution in [0, 0.1) is 0 Å². The number of hydrogen-bond donors (Lipinski definition) is 1. The number of carbonyl (C=O) groups is 1. The largest absolute Gasteiger partial charge is 0.493 e. The number of fused-ring (bicyclic) bond motifs is 1. The van der Waals surface area contributed by atoms with Gasteiger partial charge in [0.1, 0.15) is 6.10 Å². The maximum Gasteiger partial charge on any atom is 0.401 e. The number of methoxy groups -OCH3 is 2. The lowest BCUT2D eigenvalue weighted by Crippen LogP contribution is -2.42. The van der Waals surface area contributed by atoms with Gasteiger partial charge < -0.3 is 14.2 Å². The number of nitrogen functional groups attached to an aromatic ring is 1. The minimum absolute atomic E-state index is 0.0724. The first-order valence-electron chi connectivity index (χ1n) is 9.58. The number of ketones is 1. The fourth-order valence-corrected chi connectivity index (χ4v) is 3.33. The Hall–Kier alpha value is -3.07. The molecule has 0 atom stereocenters. The molecule has 0 aliphatic carbocycles. The summed E-state index contributed by atoms with van der Waals surface area (Å²) in [4.78, 5) is 12.8. The first-order chi connectivity index (χ1) is 14.4. The molecule has 0 unspecified atom stereocenters. The minimum Gasteiger partial charge on any atom is -0.493 e. The summed E-state index contributed by atoms with van der Waals surface area (Å²) in [6.45, 7) is 4.01. The van der Waals surface area contributed by atoms with Crippen LogP contribution < -0.4 is 24.6 Å². The molecular weight excluding hydrogens is 410 g/mol. The molecule has 0 spiro atoms. The molecule has 0 bridgehead atoms. The third kappa shape index (κ3) is 4.25. The van der Waals surface area contributed by atoms with E-state index in [9.17, 15) is 4.79 Å². The van der Waals surface area contributed by atoms with Gasteiger partial charge in [-0.15, -0.1) is 4.68 Å². The van der Waals surface area contributed by atoms with Crippen LogP contribution in [0.2, 0.25) is 5.02 Å². The van der Waals surface area contributed by atoms with Gasteiger partial charge in [-0.2, -0.15) is 0 Å². The van der Waals surface area contributed by atoms with E-state index in [0.29, 0.717) is 28.6 Å². The molecule has 3 aromatic rings.